The fraction of sp³-hybridized carbons (Fsp3) is 0.267. The largest absolute Gasteiger partial charge is 0.382 e. The van der Waals surface area contributed by atoms with Crippen molar-refractivity contribution in [3.05, 3.63) is 45.9 Å². The van der Waals surface area contributed by atoms with Gasteiger partial charge in [0.05, 0.1) is 10.0 Å². The smallest absolute Gasteiger partial charge is 0.151 e. The minimum atomic E-state index is 0.262. The van der Waals surface area contributed by atoms with Gasteiger partial charge in [0.1, 0.15) is 5.82 Å². The molecule has 0 aliphatic rings. The van der Waals surface area contributed by atoms with E-state index in [0.29, 0.717) is 15.9 Å². The minimum absolute atomic E-state index is 0.262. The first kappa shape index (κ1) is 14.9. The molecule has 2 aromatic rings. The monoisotopic (exact) mass is 309 g/mol. The predicted octanol–water partition coefficient (Wildman–Crippen LogP) is 5.06. The van der Waals surface area contributed by atoms with Gasteiger partial charge < -0.3 is 11.1 Å². The molecule has 0 aliphatic carbocycles. The second-order valence-corrected chi connectivity index (χ2v) is 5.43. The van der Waals surface area contributed by atoms with Crippen LogP contribution in [0.5, 0.6) is 0 Å². The fourth-order valence-electron chi connectivity index (χ4n) is 1.84. The van der Waals surface area contributed by atoms with Crippen LogP contribution in [0.2, 0.25) is 10.0 Å². The van der Waals surface area contributed by atoms with Crippen LogP contribution in [0.1, 0.15) is 25.3 Å². The van der Waals surface area contributed by atoms with Gasteiger partial charge in [0.15, 0.2) is 5.82 Å². The molecular weight excluding hydrogens is 293 g/mol. The van der Waals surface area contributed by atoms with Crippen LogP contribution in [0.4, 0.5) is 17.3 Å². The molecule has 3 N–H and O–H groups in total. The summed E-state index contributed by atoms with van der Waals surface area (Å²) in [4.78, 5) is 4.14. The van der Waals surface area contributed by atoms with E-state index >= 15 is 0 Å². The molecule has 5 heteroatoms. The molecule has 20 heavy (non-hydrogen) atoms. The van der Waals surface area contributed by atoms with Crippen molar-refractivity contribution in [3.8, 4) is 0 Å². The van der Waals surface area contributed by atoms with Crippen molar-refractivity contribution in [2.24, 2.45) is 0 Å². The summed E-state index contributed by atoms with van der Waals surface area (Å²) in [5.41, 5.74) is 7.92. The average Bonchev–Trinajstić information content (AvgIpc) is 2.44. The van der Waals surface area contributed by atoms with E-state index in [2.05, 4.69) is 29.4 Å². The second kappa shape index (κ2) is 6.82. The van der Waals surface area contributed by atoms with Crippen LogP contribution < -0.4 is 11.1 Å². The van der Waals surface area contributed by atoms with E-state index in [-0.39, 0.29) is 5.82 Å². The molecule has 3 nitrogen and oxygen atoms in total. The van der Waals surface area contributed by atoms with Crippen molar-refractivity contribution in [1.82, 2.24) is 4.98 Å². The van der Waals surface area contributed by atoms with Gasteiger partial charge >= 0.3 is 0 Å². The zero-order valence-corrected chi connectivity index (χ0v) is 12.8. The van der Waals surface area contributed by atoms with Gasteiger partial charge in [-0.1, -0.05) is 48.7 Å². The summed E-state index contributed by atoms with van der Waals surface area (Å²) in [6.07, 6.45) is 3.50. The van der Waals surface area contributed by atoms with E-state index in [1.165, 1.54) is 18.4 Å². The molecule has 0 unspecified atom stereocenters. The van der Waals surface area contributed by atoms with E-state index in [4.69, 9.17) is 28.9 Å². The van der Waals surface area contributed by atoms with Crippen molar-refractivity contribution in [2.75, 3.05) is 11.1 Å². The zero-order chi connectivity index (χ0) is 14.5. The summed E-state index contributed by atoms with van der Waals surface area (Å²) in [6, 6.07) is 9.81. The number of hydrogen-bond acceptors (Lipinski definition) is 3. The molecule has 106 valence electrons. The molecule has 0 amide bonds. The number of aromatic nitrogens is 1. The standard InChI is InChI=1S/C15H17Cl2N3/c1-2-3-4-10-5-7-11(8-6-10)19-15-13(17)9-12(16)14(18)20-15/h5-9H,2-4H2,1H3,(H3,18,19,20). The first-order valence-corrected chi connectivity index (χ1v) is 7.33. The summed E-state index contributed by atoms with van der Waals surface area (Å²) in [6.45, 7) is 2.19. The van der Waals surface area contributed by atoms with Crippen molar-refractivity contribution in [2.45, 2.75) is 26.2 Å². The van der Waals surface area contributed by atoms with Crippen LogP contribution in [0.15, 0.2) is 30.3 Å². The zero-order valence-electron chi connectivity index (χ0n) is 11.3. The number of nitrogens with one attached hydrogen (secondary N) is 1. The number of halogens is 2. The summed E-state index contributed by atoms with van der Waals surface area (Å²) in [5.74, 6) is 0.771. The third kappa shape index (κ3) is 3.78. The Labute approximate surface area is 129 Å². The molecule has 0 saturated heterocycles. The number of hydrogen-bond donors (Lipinski definition) is 2. The lowest BCUT2D eigenvalue weighted by Gasteiger charge is -2.10. The van der Waals surface area contributed by atoms with Crippen LogP contribution in [0.25, 0.3) is 0 Å². The van der Waals surface area contributed by atoms with Crippen LogP contribution in [0.3, 0.4) is 0 Å². The van der Waals surface area contributed by atoms with Crippen LogP contribution in [0, 0.1) is 0 Å². The molecule has 0 spiro atoms. The molecule has 0 saturated carbocycles. The highest BCUT2D eigenvalue weighted by Gasteiger charge is 2.07. The van der Waals surface area contributed by atoms with Gasteiger partial charge in [-0.05, 0) is 36.6 Å². The van der Waals surface area contributed by atoms with E-state index in [0.717, 1.165) is 12.1 Å². The normalized spacial score (nSPS) is 10.6. The number of benzene rings is 1. The second-order valence-electron chi connectivity index (χ2n) is 4.61. The molecule has 0 fully saturated rings. The summed E-state index contributed by atoms with van der Waals surface area (Å²) >= 11 is 11.9. The first-order chi connectivity index (χ1) is 9.60. The molecule has 0 aliphatic heterocycles. The van der Waals surface area contributed by atoms with E-state index in [9.17, 15) is 0 Å². The van der Waals surface area contributed by atoms with Gasteiger partial charge in [0.2, 0.25) is 0 Å². The molecule has 0 radical (unpaired) electrons. The molecule has 2 rings (SSSR count). The number of aryl methyl sites for hydroxylation is 1. The number of nitrogens with zero attached hydrogens (tertiary/aromatic N) is 1. The fourth-order valence-corrected chi connectivity index (χ4v) is 2.25. The van der Waals surface area contributed by atoms with Gasteiger partial charge in [-0.25, -0.2) is 4.98 Å². The highest BCUT2D eigenvalue weighted by Crippen LogP contribution is 2.29. The van der Waals surface area contributed by atoms with Crippen LogP contribution >= 0.6 is 23.2 Å². The lowest BCUT2D eigenvalue weighted by Crippen LogP contribution is -1.99. The number of anilines is 3. The number of pyridine rings is 1. The van der Waals surface area contributed by atoms with Crippen molar-refractivity contribution in [3.63, 3.8) is 0 Å². The van der Waals surface area contributed by atoms with Crippen molar-refractivity contribution >= 4 is 40.5 Å². The Hall–Kier alpha value is -1.45. The predicted molar refractivity (Wildman–Crippen MR) is 87.0 cm³/mol. The maximum Gasteiger partial charge on any atom is 0.151 e. The number of nitrogen functional groups attached to an aromatic ring is 1. The Kier molecular flexibility index (Phi) is 5.10. The Morgan fingerprint density at radius 1 is 1.15 bits per heavy atom. The van der Waals surface area contributed by atoms with Gasteiger partial charge in [0, 0.05) is 5.69 Å². The molecule has 0 atom stereocenters. The lowest BCUT2D eigenvalue weighted by molar-refractivity contribution is 0.795. The maximum atomic E-state index is 6.09. The highest BCUT2D eigenvalue weighted by molar-refractivity contribution is 6.37. The van der Waals surface area contributed by atoms with E-state index < -0.39 is 0 Å². The van der Waals surface area contributed by atoms with Crippen molar-refractivity contribution < 1.29 is 0 Å². The summed E-state index contributed by atoms with van der Waals surface area (Å²) < 4.78 is 0. The number of unbranched alkanes of at least 4 members (excludes halogenated alkanes) is 1. The van der Waals surface area contributed by atoms with Crippen LogP contribution in [-0.4, -0.2) is 4.98 Å². The van der Waals surface area contributed by atoms with Gasteiger partial charge in [-0.3, -0.25) is 0 Å². The number of rotatable bonds is 5. The maximum absolute atomic E-state index is 6.09. The molecule has 0 bridgehead atoms. The molecule has 1 aromatic carbocycles. The Morgan fingerprint density at radius 2 is 1.85 bits per heavy atom. The van der Waals surface area contributed by atoms with Crippen molar-refractivity contribution in [1.29, 1.82) is 0 Å². The minimum Gasteiger partial charge on any atom is -0.382 e. The molecule has 1 aromatic heterocycles. The van der Waals surface area contributed by atoms with E-state index in [1.807, 2.05) is 12.1 Å². The molecular formula is C15H17Cl2N3. The Balaban J connectivity index is 2.12. The average molecular weight is 310 g/mol. The first-order valence-electron chi connectivity index (χ1n) is 6.57. The van der Waals surface area contributed by atoms with Gasteiger partial charge in [-0.15, -0.1) is 0 Å². The Morgan fingerprint density at radius 3 is 2.50 bits per heavy atom. The summed E-state index contributed by atoms with van der Waals surface area (Å²) in [7, 11) is 0. The van der Waals surface area contributed by atoms with Gasteiger partial charge in [-0.2, -0.15) is 0 Å². The van der Waals surface area contributed by atoms with E-state index in [1.54, 1.807) is 6.07 Å². The highest BCUT2D eigenvalue weighted by atomic mass is 35.5. The lowest BCUT2D eigenvalue weighted by atomic mass is 10.1. The third-order valence-corrected chi connectivity index (χ3v) is 3.58. The topological polar surface area (TPSA) is 50.9 Å². The van der Waals surface area contributed by atoms with Gasteiger partial charge in [0.25, 0.3) is 0 Å². The molecule has 1 heterocycles. The summed E-state index contributed by atoms with van der Waals surface area (Å²) in [5, 5.41) is 3.94. The number of nitrogens with two attached hydrogens (primary N) is 1. The Bertz CT molecular complexity index is 582. The quantitative estimate of drug-likeness (QED) is 0.812. The van der Waals surface area contributed by atoms with Crippen LogP contribution in [-0.2, 0) is 6.42 Å². The SMILES string of the molecule is CCCCc1ccc(Nc2nc(N)c(Cl)cc2Cl)cc1. The third-order valence-electron chi connectivity index (χ3n) is 2.99.